The van der Waals surface area contributed by atoms with Gasteiger partial charge < -0.3 is 5.73 Å². The summed E-state index contributed by atoms with van der Waals surface area (Å²) in [6, 6.07) is 4.67. The van der Waals surface area contributed by atoms with E-state index in [1.807, 2.05) is 0 Å². The first-order valence-electron chi connectivity index (χ1n) is 5.82. The van der Waals surface area contributed by atoms with Crippen LogP contribution in [0.3, 0.4) is 0 Å². The van der Waals surface area contributed by atoms with E-state index < -0.39 is 0 Å². The molecule has 0 saturated carbocycles. The highest BCUT2D eigenvalue weighted by Gasteiger charge is 2.26. The molecule has 1 aliphatic rings. The Morgan fingerprint density at radius 1 is 1.31 bits per heavy atom. The minimum atomic E-state index is -0.260. The zero-order chi connectivity index (χ0) is 11.7. The summed E-state index contributed by atoms with van der Waals surface area (Å²) in [6.07, 6.45) is 0. The van der Waals surface area contributed by atoms with Crippen LogP contribution in [0.4, 0.5) is 10.1 Å². The highest BCUT2D eigenvalue weighted by molar-refractivity contribution is 5.46. The van der Waals surface area contributed by atoms with E-state index in [1.54, 1.807) is 6.07 Å². The van der Waals surface area contributed by atoms with Crippen LogP contribution >= 0.6 is 0 Å². The van der Waals surface area contributed by atoms with Gasteiger partial charge in [-0.3, -0.25) is 4.90 Å². The van der Waals surface area contributed by atoms with Crippen molar-refractivity contribution in [1.82, 2.24) is 4.90 Å². The van der Waals surface area contributed by atoms with Gasteiger partial charge in [0.2, 0.25) is 0 Å². The first-order chi connectivity index (χ1) is 7.56. The number of rotatable bonds is 2. The lowest BCUT2D eigenvalue weighted by molar-refractivity contribution is 0.316. The first kappa shape index (κ1) is 11.4. The van der Waals surface area contributed by atoms with Crippen LogP contribution in [0.2, 0.25) is 0 Å². The molecule has 1 heterocycles. The monoisotopic (exact) mass is 222 g/mol. The second-order valence-electron chi connectivity index (χ2n) is 4.99. The van der Waals surface area contributed by atoms with Gasteiger partial charge in [-0.2, -0.15) is 0 Å². The van der Waals surface area contributed by atoms with Crippen molar-refractivity contribution in [3.8, 4) is 0 Å². The average molecular weight is 222 g/mol. The third-order valence-corrected chi connectivity index (χ3v) is 3.57. The predicted molar refractivity (Wildman–Crippen MR) is 64.4 cm³/mol. The quantitative estimate of drug-likeness (QED) is 0.779. The Hall–Kier alpha value is -1.09. The summed E-state index contributed by atoms with van der Waals surface area (Å²) in [5.74, 6) is 1.22. The second-order valence-corrected chi connectivity index (χ2v) is 4.99. The number of halogens is 1. The first-order valence-corrected chi connectivity index (χ1v) is 5.82. The standard InChI is InChI=1S/C13H19FN2/c1-9-6-16(7-10(9)2)8-11-3-4-12(14)5-13(11)15/h3-5,9-10H,6-8,15H2,1-2H3. The number of hydrogen-bond acceptors (Lipinski definition) is 2. The topological polar surface area (TPSA) is 29.3 Å². The summed E-state index contributed by atoms with van der Waals surface area (Å²) in [6.45, 7) is 7.61. The van der Waals surface area contributed by atoms with E-state index in [0.717, 1.165) is 37.0 Å². The maximum Gasteiger partial charge on any atom is 0.125 e. The largest absolute Gasteiger partial charge is 0.398 e. The third-order valence-electron chi connectivity index (χ3n) is 3.57. The number of likely N-dealkylation sites (tertiary alicyclic amines) is 1. The molecule has 0 amide bonds. The van der Waals surface area contributed by atoms with Gasteiger partial charge in [-0.05, 0) is 29.5 Å². The summed E-state index contributed by atoms with van der Waals surface area (Å²) in [5.41, 5.74) is 7.39. The van der Waals surface area contributed by atoms with Crippen molar-refractivity contribution in [2.75, 3.05) is 18.8 Å². The highest BCUT2D eigenvalue weighted by Crippen LogP contribution is 2.25. The minimum Gasteiger partial charge on any atom is -0.398 e. The molecule has 88 valence electrons. The highest BCUT2D eigenvalue weighted by atomic mass is 19.1. The van der Waals surface area contributed by atoms with Crippen molar-refractivity contribution < 1.29 is 4.39 Å². The number of benzene rings is 1. The molecule has 0 aromatic heterocycles. The summed E-state index contributed by atoms with van der Waals surface area (Å²) in [4.78, 5) is 2.39. The zero-order valence-electron chi connectivity index (χ0n) is 9.91. The SMILES string of the molecule is CC1CN(Cc2ccc(F)cc2N)CC1C. The van der Waals surface area contributed by atoms with E-state index in [4.69, 9.17) is 5.73 Å². The molecule has 2 unspecified atom stereocenters. The van der Waals surface area contributed by atoms with Crippen molar-refractivity contribution in [1.29, 1.82) is 0 Å². The zero-order valence-corrected chi connectivity index (χ0v) is 9.91. The molecule has 1 aromatic rings. The van der Waals surface area contributed by atoms with E-state index in [1.165, 1.54) is 12.1 Å². The van der Waals surface area contributed by atoms with Crippen molar-refractivity contribution in [2.24, 2.45) is 11.8 Å². The molecule has 3 heteroatoms. The van der Waals surface area contributed by atoms with Crippen LogP contribution in [0.1, 0.15) is 19.4 Å². The molecular formula is C13H19FN2. The fourth-order valence-electron chi connectivity index (χ4n) is 2.33. The van der Waals surface area contributed by atoms with Crippen molar-refractivity contribution in [2.45, 2.75) is 20.4 Å². The Labute approximate surface area is 96.2 Å². The van der Waals surface area contributed by atoms with E-state index in [2.05, 4.69) is 18.7 Å². The van der Waals surface area contributed by atoms with Crippen LogP contribution < -0.4 is 5.73 Å². The smallest absolute Gasteiger partial charge is 0.125 e. The summed E-state index contributed by atoms with van der Waals surface area (Å²) >= 11 is 0. The lowest BCUT2D eigenvalue weighted by Crippen LogP contribution is -2.20. The molecule has 2 rings (SSSR count). The minimum absolute atomic E-state index is 0.260. The summed E-state index contributed by atoms with van der Waals surface area (Å²) in [5, 5.41) is 0. The van der Waals surface area contributed by atoms with Crippen molar-refractivity contribution >= 4 is 5.69 Å². The van der Waals surface area contributed by atoms with Gasteiger partial charge in [-0.1, -0.05) is 19.9 Å². The molecular weight excluding hydrogens is 203 g/mol. The molecule has 2 atom stereocenters. The van der Waals surface area contributed by atoms with E-state index in [9.17, 15) is 4.39 Å². The van der Waals surface area contributed by atoms with Gasteiger partial charge in [0.15, 0.2) is 0 Å². The fraction of sp³-hybridized carbons (Fsp3) is 0.538. The summed E-state index contributed by atoms with van der Waals surface area (Å²) in [7, 11) is 0. The average Bonchev–Trinajstić information content (AvgIpc) is 2.51. The van der Waals surface area contributed by atoms with Crippen LogP contribution in [0.25, 0.3) is 0 Å². The molecule has 16 heavy (non-hydrogen) atoms. The number of anilines is 1. The van der Waals surface area contributed by atoms with Gasteiger partial charge in [0.25, 0.3) is 0 Å². The second kappa shape index (κ2) is 4.42. The number of hydrogen-bond donors (Lipinski definition) is 1. The molecule has 1 saturated heterocycles. The lowest BCUT2D eigenvalue weighted by atomic mass is 10.0. The predicted octanol–water partition coefficient (Wildman–Crippen LogP) is 2.50. The lowest BCUT2D eigenvalue weighted by Gasteiger charge is -2.16. The molecule has 0 spiro atoms. The van der Waals surface area contributed by atoms with Gasteiger partial charge in [0.05, 0.1) is 0 Å². The Balaban J connectivity index is 2.05. The number of nitrogens with zero attached hydrogens (tertiary/aromatic N) is 1. The molecule has 2 N–H and O–H groups in total. The molecule has 0 bridgehead atoms. The Bertz CT molecular complexity index is 368. The molecule has 0 aliphatic carbocycles. The Morgan fingerprint density at radius 2 is 1.94 bits per heavy atom. The Kier molecular flexibility index (Phi) is 3.15. The molecule has 0 radical (unpaired) electrons. The van der Waals surface area contributed by atoms with Gasteiger partial charge >= 0.3 is 0 Å². The van der Waals surface area contributed by atoms with E-state index >= 15 is 0 Å². The van der Waals surface area contributed by atoms with Crippen LogP contribution in [-0.4, -0.2) is 18.0 Å². The van der Waals surface area contributed by atoms with Crippen LogP contribution in [0.5, 0.6) is 0 Å². The van der Waals surface area contributed by atoms with Gasteiger partial charge in [0.1, 0.15) is 5.82 Å². The Morgan fingerprint density at radius 3 is 2.50 bits per heavy atom. The maximum absolute atomic E-state index is 12.9. The van der Waals surface area contributed by atoms with Gasteiger partial charge in [-0.15, -0.1) is 0 Å². The van der Waals surface area contributed by atoms with Gasteiger partial charge in [0, 0.05) is 25.3 Å². The molecule has 1 aromatic carbocycles. The molecule has 1 aliphatic heterocycles. The maximum atomic E-state index is 12.9. The molecule has 2 nitrogen and oxygen atoms in total. The summed E-state index contributed by atoms with van der Waals surface area (Å²) < 4.78 is 12.9. The molecule has 1 fully saturated rings. The fourth-order valence-corrected chi connectivity index (χ4v) is 2.33. The van der Waals surface area contributed by atoms with Gasteiger partial charge in [-0.25, -0.2) is 4.39 Å². The normalized spacial score (nSPS) is 26.2. The van der Waals surface area contributed by atoms with Crippen molar-refractivity contribution in [3.63, 3.8) is 0 Å². The van der Waals surface area contributed by atoms with Crippen LogP contribution in [0.15, 0.2) is 18.2 Å². The van der Waals surface area contributed by atoms with Crippen molar-refractivity contribution in [3.05, 3.63) is 29.6 Å². The number of nitrogens with two attached hydrogens (primary N) is 1. The number of nitrogen functional groups attached to an aromatic ring is 1. The van der Waals surface area contributed by atoms with Crippen LogP contribution in [0, 0.1) is 17.7 Å². The van der Waals surface area contributed by atoms with E-state index in [0.29, 0.717) is 5.69 Å². The van der Waals surface area contributed by atoms with E-state index in [-0.39, 0.29) is 5.82 Å². The third kappa shape index (κ3) is 2.35. The van der Waals surface area contributed by atoms with Crippen LogP contribution in [-0.2, 0) is 6.54 Å².